The van der Waals surface area contributed by atoms with E-state index >= 15 is 0 Å². The Kier molecular flexibility index (Phi) is 8.19. The van der Waals surface area contributed by atoms with Crippen molar-refractivity contribution in [1.82, 2.24) is 9.97 Å². The molecule has 0 aliphatic rings. The van der Waals surface area contributed by atoms with Crippen LogP contribution in [0.2, 0.25) is 0 Å². The Hall–Kier alpha value is -5.04. The molecule has 194 valence electrons. The lowest BCUT2D eigenvalue weighted by Gasteiger charge is -2.27. The smallest absolute Gasteiger partial charge is 0.342 e. The third kappa shape index (κ3) is 6.64. The Morgan fingerprint density at radius 2 is 0.795 bits per heavy atom. The highest BCUT2D eigenvalue weighted by Gasteiger charge is 2.30. The van der Waals surface area contributed by atoms with Gasteiger partial charge in [-0.1, -0.05) is 121 Å². The minimum Gasteiger partial charge on any atom is -0.342 e. The molecule has 0 aliphatic carbocycles. The van der Waals surface area contributed by atoms with Crippen LogP contribution in [0.3, 0.4) is 0 Å². The number of benzene rings is 4. The van der Waals surface area contributed by atoms with Gasteiger partial charge in [0, 0.05) is 26.2 Å². The summed E-state index contributed by atoms with van der Waals surface area (Å²) >= 11 is 0. The van der Waals surface area contributed by atoms with Crippen molar-refractivity contribution in [3.8, 4) is 0 Å². The summed E-state index contributed by atoms with van der Waals surface area (Å²) in [5, 5.41) is 12.7. The van der Waals surface area contributed by atoms with Crippen molar-refractivity contribution in [2.75, 3.05) is 9.80 Å². The lowest BCUT2D eigenvalue weighted by atomic mass is 10.1. The maximum absolute atomic E-state index is 12.7. The van der Waals surface area contributed by atoms with Gasteiger partial charge in [-0.05, 0) is 22.3 Å². The van der Waals surface area contributed by atoms with Gasteiger partial charge in [-0.15, -0.1) is 0 Å². The van der Waals surface area contributed by atoms with Crippen molar-refractivity contribution >= 4 is 17.3 Å². The van der Waals surface area contributed by atoms with Crippen molar-refractivity contribution in [1.29, 1.82) is 0 Å². The molecule has 0 spiro atoms. The van der Waals surface area contributed by atoms with Gasteiger partial charge >= 0.3 is 5.69 Å². The molecule has 5 rings (SSSR count). The molecule has 4 aromatic carbocycles. The molecule has 0 bridgehead atoms. The van der Waals surface area contributed by atoms with Crippen LogP contribution in [0.25, 0.3) is 0 Å². The second kappa shape index (κ2) is 12.5. The van der Waals surface area contributed by atoms with E-state index in [2.05, 4.69) is 9.97 Å². The minimum absolute atomic E-state index is 0.101. The van der Waals surface area contributed by atoms with Crippen molar-refractivity contribution < 1.29 is 4.92 Å². The average molecular weight is 516 g/mol. The number of aromatic nitrogens is 2. The molecule has 5 aromatic rings. The van der Waals surface area contributed by atoms with E-state index in [1.54, 1.807) is 0 Å². The maximum atomic E-state index is 12.7. The van der Waals surface area contributed by atoms with Gasteiger partial charge in [0.2, 0.25) is 11.6 Å². The summed E-state index contributed by atoms with van der Waals surface area (Å²) < 4.78 is 0. The SMILES string of the molecule is O=[N+]([O-])c1c(N(Cc2ccccc2)Cc2ccccc2)ncnc1N(Cc1ccccc1)Cc1ccccc1. The molecular weight excluding hydrogens is 486 g/mol. The molecule has 0 amide bonds. The number of nitrogens with zero attached hydrogens (tertiary/aromatic N) is 5. The van der Waals surface area contributed by atoms with E-state index in [0.29, 0.717) is 37.8 Å². The van der Waals surface area contributed by atoms with Crippen LogP contribution in [0.5, 0.6) is 0 Å². The standard InChI is InChI=1S/C32H29N5O2/c38-37(39)30-31(35(21-26-13-5-1-6-14-26)22-27-15-7-2-8-16-27)33-25-34-32(30)36(23-28-17-9-3-10-18-28)24-29-19-11-4-12-20-29/h1-20,25H,21-24H2. The maximum Gasteiger partial charge on any atom is 0.353 e. The van der Waals surface area contributed by atoms with Crippen molar-refractivity contribution in [2.45, 2.75) is 26.2 Å². The molecule has 7 heteroatoms. The molecule has 0 unspecified atom stereocenters. The summed E-state index contributed by atoms with van der Waals surface area (Å²) in [6.45, 7) is 1.85. The first-order valence-corrected chi connectivity index (χ1v) is 12.8. The van der Waals surface area contributed by atoms with E-state index in [4.69, 9.17) is 0 Å². The predicted molar refractivity (Wildman–Crippen MR) is 154 cm³/mol. The fourth-order valence-corrected chi connectivity index (χ4v) is 4.61. The Balaban J connectivity index is 1.59. The third-order valence-corrected chi connectivity index (χ3v) is 6.43. The number of hydrogen-bond acceptors (Lipinski definition) is 6. The van der Waals surface area contributed by atoms with E-state index in [9.17, 15) is 10.1 Å². The second-order valence-corrected chi connectivity index (χ2v) is 9.28. The molecule has 0 atom stereocenters. The van der Waals surface area contributed by atoms with E-state index in [-0.39, 0.29) is 10.6 Å². The Morgan fingerprint density at radius 1 is 0.513 bits per heavy atom. The zero-order chi connectivity index (χ0) is 26.9. The van der Waals surface area contributed by atoms with E-state index in [0.717, 1.165) is 22.3 Å². The zero-order valence-corrected chi connectivity index (χ0v) is 21.5. The van der Waals surface area contributed by atoms with Crippen molar-refractivity contribution in [3.63, 3.8) is 0 Å². The minimum atomic E-state index is -0.351. The Labute approximate surface area is 228 Å². The number of hydrogen-bond donors (Lipinski definition) is 0. The van der Waals surface area contributed by atoms with Crippen LogP contribution in [-0.4, -0.2) is 14.9 Å². The van der Waals surface area contributed by atoms with Crippen LogP contribution in [0.4, 0.5) is 17.3 Å². The lowest BCUT2D eigenvalue weighted by molar-refractivity contribution is -0.383. The summed E-state index contributed by atoms with van der Waals surface area (Å²) in [6, 6.07) is 39.7. The molecule has 0 radical (unpaired) electrons. The largest absolute Gasteiger partial charge is 0.353 e. The van der Waals surface area contributed by atoms with Crippen LogP contribution in [0, 0.1) is 10.1 Å². The Morgan fingerprint density at radius 3 is 1.05 bits per heavy atom. The zero-order valence-electron chi connectivity index (χ0n) is 21.5. The fourth-order valence-electron chi connectivity index (χ4n) is 4.61. The first-order valence-electron chi connectivity index (χ1n) is 12.8. The van der Waals surface area contributed by atoms with Crippen LogP contribution in [0.1, 0.15) is 22.3 Å². The van der Waals surface area contributed by atoms with Crippen LogP contribution < -0.4 is 9.80 Å². The Bertz CT molecular complexity index is 1290. The third-order valence-electron chi connectivity index (χ3n) is 6.43. The molecule has 39 heavy (non-hydrogen) atoms. The topological polar surface area (TPSA) is 75.4 Å². The van der Waals surface area contributed by atoms with Gasteiger partial charge < -0.3 is 9.80 Å². The predicted octanol–water partition coefficient (Wildman–Crippen LogP) is 6.80. The van der Waals surface area contributed by atoms with Gasteiger partial charge in [0.1, 0.15) is 6.33 Å². The summed E-state index contributed by atoms with van der Waals surface area (Å²) in [7, 11) is 0. The molecule has 0 fully saturated rings. The van der Waals surface area contributed by atoms with Crippen LogP contribution >= 0.6 is 0 Å². The highest BCUT2D eigenvalue weighted by Crippen LogP contribution is 2.37. The molecule has 1 heterocycles. The van der Waals surface area contributed by atoms with Crippen molar-refractivity contribution in [2.24, 2.45) is 0 Å². The summed E-state index contributed by atoms with van der Waals surface area (Å²) in [6.07, 6.45) is 1.43. The first kappa shape index (κ1) is 25.6. The summed E-state index contributed by atoms with van der Waals surface area (Å²) in [5.74, 6) is 0.590. The summed E-state index contributed by atoms with van der Waals surface area (Å²) in [5.41, 5.74) is 4.04. The lowest BCUT2D eigenvalue weighted by Crippen LogP contribution is -2.28. The van der Waals surface area contributed by atoms with Gasteiger partial charge in [-0.3, -0.25) is 10.1 Å². The molecule has 0 saturated heterocycles. The normalized spacial score (nSPS) is 10.7. The summed E-state index contributed by atoms with van der Waals surface area (Å²) in [4.78, 5) is 25.3. The van der Waals surface area contributed by atoms with E-state index < -0.39 is 0 Å². The van der Waals surface area contributed by atoms with Gasteiger partial charge in [0.25, 0.3) is 0 Å². The molecule has 0 N–H and O–H groups in total. The van der Waals surface area contributed by atoms with Gasteiger partial charge in [0.15, 0.2) is 0 Å². The van der Waals surface area contributed by atoms with Crippen molar-refractivity contribution in [3.05, 3.63) is 160 Å². The fraction of sp³-hybridized carbons (Fsp3) is 0.125. The van der Waals surface area contributed by atoms with E-state index in [1.165, 1.54) is 6.33 Å². The molecule has 0 saturated carbocycles. The van der Waals surface area contributed by atoms with Gasteiger partial charge in [0.05, 0.1) is 4.92 Å². The highest BCUT2D eigenvalue weighted by molar-refractivity contribution is 5.71. The first-order chi connectivity index (χ1) is 19.2. The van der Waals surface area contributed by atoms with Gasteiger partial charge in [-0.2, -0.15) is 0 Å². The monoisotopic (exact) mass is 515 g/mol. The quantitative estimate of drug-likeness (QED) is 0.142. The molecular formula is C32H29N5O2. The van der Waals surface area contributed by atoms with Crippen LogP contribution in [-0.2, 0) is 26.2 Å². The number of anilines is 2. The molecule has 0 aliphatic heterocycles. The van der Waals surface area contributed by atoms with Crippen LogP contribution in [0.15, 0.2) is 128 Å². The second-order valence-electron chi connectivity index (χ2n) is 9.28. The van der Waals surface area contributed by atoms with E-state index in [1.807, 2.05) is 131 Å². The number of rotatable bonds is 11. The molecule has 1 aromatic heterocycles. The van der Waals surface area contributed by atoms with Gasteiger partial charge in [-0.25, -0.2) is 9.97 Å². The molecule has 7 nitrogen and oxygen atoms in total. The number of nitro groups is 1. The average Bonchev–Trinajstić information content (AvgIpc) is 2.98. The highest BCUT2D eigenvalue weighted by atomic mass is 16.6.